The quantitative estimate of drug-likeness (QED) is 0.227. The Labute approximate surface area is 169 Å². The lowest BCUT2D eigenvalue weighted by Gasteiger charge is -2.13. The second-order valence-electron chi connectivity index (χ2n) is 6.53. The highest BCUT2D eigenvalue weighted by molar-refractivity contribution is 14.0. The summed E-state index contributed by atoms with van der Waals surface area (Å²) in [5, 5.41) is 17.2. The van der Waals surface area contributed by atoms with Crippen molar-refractivity contribution in [2.75, 3.05) is 7.05 Å². The first-order chi connectivity index (χ1) is 11.8. The highest BCUT2D eigenvalue weighted by atomic mass is 127. The van der Waals surface area contributed by atoms with Crippen LogP contribution in [0.4, 0.5) is 5.69 Å². The molecule has 8 nitrogen and oxygen atoms in total. The number of nitro benzene ring substituents is 1. The minimum absolute atomic E-state index is 0. The summed E-state index contributed by atoms with van der Waals surface area (Å²) in [7, 11) is 1.63. The van der Waals surface area contributed by atoms with Crippen molar-refractivity contribution in [1.82, 2.24) is 15.6 Å². The first-order valence-electron chi connectivity index (χ1n) is 7.93. The molecule has 9 heteroatoms. The van der Waals surface area contributed by atoms with Gasteiger partial charge in [0.2, 0.25) is 5.89 Å². The van der Waals surface area contributed by atoms with E-state index in [9.17, 15) is 10.1 Å². The largest absolute Gasteiger partial charge is 0.443 e. The summed E-state index contributed by atoms with van der Waals surface area (Å²) in [5.41, 5.74) is 0.562. The Morgan fingerprint density at radius 1 is 1.27 bits per heavy atom. The number of nitrogens with one attached hydrogen (secondary N) is 2. The van der Waals surface area contributed by atoms with Crippen LogP contribution < -0.4 is 10.6 Å². The Kier molecular flexibility index (Phi) is 8.00. The molecule has 0 aliphatic rings. The molecule has 0 amide bonds. The minimum atomic E-state index is -0.395. The molecular formula is C17H24IN5O3. The maximum Gasteiger partial charge on any atom is 0.274 e. The van der Waals surface area contributed by atoms with Gasteiger partial charge in [0.15, 0.2) is 5.96 Å². The molecule has 0 saturated carbocycles. The van der Waals surface area contributed by atoms with Gasteiger partial charge in [0.05, 0.1) is 17.7 Å². The molecule has 0 saturated heterocycles. The maximum absolute atomic E-state index is 11.0. The Morgan fingerprint density at radius 2 is 1.92 bits per heavy atom. The molecule has 1 aromatic carbocycles. The number of oxazole rings is 1. The van der Waals surface area contributed by atoms with E-state index in [1.165, 1.54) is 6.07 Å². The lowest BCUT2D eigenvalue weighted by Crippen LogP contribution is -2.36. The minimum Gasteiger partial charge on any atom is -0.443 e. The second-order valence-corrected chi connectivity index (χ2v) is 6.53. The monoisotopic (exact) mass is 473 g/mol. The number of para-hydroxylation sites is 1. The van der Waals surface area contributed by atoms with Gasteiger partial charge in [-0.1, -0.05) is 39.0 Å². The number of hydrogen-bond donors (Lipinski definition) is 2. The lowest BCUT2D eigenvalue weighted by atomic mass is 9.94. The fraction of sp³-hybridized carbons (Fsp3) is 0.412. The van der Waals surface area contributed by atoms with Gasteiger partial charge in [0.25, 0.3) is 5.69 Å². The molecule has 0 unspecified atom stereocenters. The Hall–Kier alpha value is -2.17. The Bertz CT molecular complexity index is 768. The molecule has 142 valence electrons. The van der Waals surface area contributed by atoms with Crippen LogP contribution in [0.1, 0.15) is 38.0 Å². The predicted octanol–water partition coefficient (Wildman–Crippen LogP) is 3.36. The molecule has 0 atom stereocenters. The summed E-state index contributed by atoms with van der Waals surface area (Å²) in [5.74, 6) is 1.87. The highest BCUT2D eigenvalue weighted by Crippen LogP contribution is 2.22. The van der Waals surface area contributed by atoms with Crippen LogP contribution in [0.25, 0.3) is 0 Å². The third-order valence-corrected chi connectivity index (χ3v) is 3.56. The number of aromatic nitrogens is 1. The fourth-order valence-electron chi connectivity index (χ4n) is 2.14. The maximum atomic E-state index is 11.0. The number of nitro groups is 1. The van der Waals surface area contributed by atoms with Gasteiger partial charge in [-0.3, -0.25) is 15.1 Å². The van der Waals surface area contributed by atoms with Gasteiger partial charge in [-0.2, -0.15) is 0 Å². The summed E-state index contributed by atoms with van der Waals surface area (Å²) < 4.78 is 5.71. The van der Waals surface area contributed by atoms with Crippen molar-refractivity contribution in [3.05, 3.63) is 57.8 Å². The zero-order valence-electron chi connectivity index (χ0n) is 15.3. The normalized spacial score (nSPS) is 11.6. The van der Waals surface area contributed by atoms with E-state index in [4.69, 9.17) is 4.42 Å². The molecule has 0 bridgehead atoms. The van der Waals surface area contributed by atoms with Crippen LogP contribution >= 0.6 is 24.0 Å². The molecule has 0 spiro atoms. The Balaban J connectivity index is 0.00000338. The molecule has 2 aromatic rings. The van der Waals surface area contributed by atoms with E-state index in [0.29, 0.717) is 24.0 Å². The number of aliphatic imine (C=N–C) groups is 1. The third kappa shape index (κ3) is 5.97. The van der Waals surface area contributed by atoms with Gasteiger partial charge in [-0.15, -0.1) is 24.0 Å². The van der Waals surface area contributed by atoms with Crippen LogP contribution in [0.3, 0.4) is 0 Å². The van der Waals surface area contributed by atoms with Crippen molar-refractivity contribution < 1.29 is 9.34 Å². The number of halogens is 1. The van der Waals surface area contributed by atoms with Crippen LogP contribution in [-0.2, 0) is 18.5 Å². The average Bonchev–Trinajstić information content (AvgIpc) is 3.04. The second kappa shape index (κ2) is 9.51. The van der Waals surface area contributed by atoms with Gasteiger partial charge in [-0.25, -0.2) is 4.98 Å². The molecule has 2 rings (SSSR count). The van der Waals surface area contributed by atoms with Gasteiger partial charge < -0.3 is 15.1 Å². The smallest absolute Gasteiger partial charge is 0.274 e. The summed E-state index contributed by atoms with van der Waals surface area (Å²) in [6.45, 7) is 6.82. The van der Waals surface area contributed by atoms with Crippen LogP contribution in [0.5, 0.6) is 0 Å². The summed E-state index contributed by atoms with van der Waals surface area (Å²) in [6, 6.07) is 6.60. The average molecular weight is 473 g/mol. The molecule has 0 radical (unpaired) electrons. The zero-order valence-corrected chi connectivity index (χ0v) is 17.6. The van der Waals surface area contributed by atoms with E-state index in [1.807, 2.05) is 0 Å². The van der Waals surface area contributed by atoms with Gasteiger partial charge in [0.1, 0.15) is 5.76 Å². The lowest BCUT2D eigenvalue weighted by molar-refractivity contribution is -0.385. The fourth-order valence-corrected chi connectivity index (χ4v) is 2.14. The summed E-state index contributed by atoms with van der Waals surface area (Å²) >= 11 is 0. The number of rotatable bonds is 5. The molecule has 0 aliphatic heterocycles. The molecule has 0 aliphatic carbocycles. The SMILES string of the molecule is CN=C(NCc1ncc(C(C)(C)C)o1)NCc1ccccc1[N+](=O)[O-].I. The first kappa shape index (κ1) is 21.9. The van der Waals surface area contributed by atoms with E-state index < -0.39 is 4.92 Å². The van der Waals surface area contributed by atoms with Crippen molar-refractivity contribution in [2.45, 2.75) is 39.3 Å². The van der Waals surface area contributed by atoms with Crippen LogP contribution in [0.2, 0.25) is 0 Å². The van der Waals surface area contributed by atoms with Gasteiger partial charge >= 0.3 is 0 Å². The Morgan fingerprint density at radius 3 is 2.50 bits per heavy atom. The third-order valence-electron chi connectivity index (χ3n) is 3.56. The van der Waals surface area contributed by atoms with E-state index in [1.54, 1.807) is 31.4 Å². The molecule has 26 heavy (non-hydrogen) atoms. The molecule has 2 N–H and O–H groups in total. The number of hydrogen-bond acceptors (Lipinski definition) is 5. The summed E-state index contributed by atoms with van der Waals surface area (Å²) in [4.78, 5) is 19.0. The van der Waals surface area contributed by atoms with Crippen LogP contribution in [0.15, 0.2) is 39.9 Å². The molecule has 0 fully saturated rings. The van der Waals surface area contributed by atoms with Crippen molar-refractivity contribution in [3.63, 3.8) is 0 Å². The van der Waals surface area contributed by atoms with Gasteiger partial charge in [0, 0.05) is 30.6 Å². The topological polar surface area (TPSA) is 106 Å². The van der Waals surface area contributed by atoms with Crippen molar-refractivity contribution in [1.29, 1.82) is 0 Å². The van der Waals surface area contributed by atoms with Gasteiger partial charge in [-0.05, 0) is 0 Å². The van der Waals surface area contributed by atoms with E-state index in [-0.39, 0.29) is 41.6 Å². The van der Waals surface area contributed by atoms with Crippen molar-refractivity contribution in [3.8, 4) is 0 Å². The predicted molar refractivity (Wildman–Crippen MR) is 111 cm³/mol. The van der Waals surface area contributed by atoms with E-state index in [2.05, 4.69) is 41.4 Å². The highest BCUT2D eigenvalue weighted by Gasteiger charge is 2.19. The van der Waals surface area contributed by atoms with E-state index in [0.717, 1.165) is 5.76 Å². The standard InChI is InChI=1S/C17H23N5O3.HI/c1-17(2,3)14-10-19-15(25-14)11-21-16(18-4)20-9-12-7-5-6-8-13(12)22(23)24;/h5-8,10H,9,11H2,1-4H3,(H2,18,20,21);1H. The number of nitrogens with zero attached hydrogens (tertiary/aromatic N) is 3. The van der Waals surface area contributed by atoms with E-state index >= 15 is 0 Å². The van der Waals surface area contributed by atoms with Crippen LogP contribution in [-0.4, -0.2) is 22.9 Å². The zero-order chi connectivity index (χ0) is 18.4. The van der Waals surface area contributed by atoms with Crippen LogP contribution in [0, 0.1) is 10.1 Å². The van der Waals surface area contributed by atoms with Crippen molar-refractivity contribution >= 4 is 35.6 Å². The molecule has 1 aromatic heterocycles. The molecular weight excluding hydrogens is 449 g/mol. The number of guanidine groups is 1. The summed E-state index contributed by atoms with van der Waals surface area (Å²) in [6.07, 6.45) is 1.72. The molecule has 1 heterocycles. The van der Waals surface area contributed by atoms with Crippen molar-refractivity contribution in [2.24, 2.45) is 4.99 Å². The number of benzene rings is 1. The first-order valence-corrected chi connectivity index (χ1v) is 7.93.